The van der Waals surface area contributed by atoms with E-state index >= 15 is 0 Å². The number of Topliss-reactive ketones (excluding diaryl/α,β-unsaturated/α-hetero) is 2. The second-order valence-corrected chi connectivity index (χ2v) is 9.81. The highest BCUT2D eigenvalue weighted by Crippen LogP contribution is 2.66. The summed E-state index contributed by atoms with van der Waals surface area (Å²) in [5.74, 6) is -0.0445. The van der Waals surface area contributed by atoms with Gasteiger partial charge in [-0.3, -0.25) is 9.59 Å². The fraction of sp³-hybridized carbons (Fsp3) is 0.480. The van der Waals surface area contributed by atoms with Crippen LogP contribution in [-0.4, -0.2) is 11.6 Å². The molecule has 144 valence electrons. The normalized spacial score (nSPS) is 34.6. The number of aryl methyl sites for hydroxylation is 1. The molecule has 28 heavy (non-hydrogen) atoms. The molecule has 3 atom stereocenters. The standard InChI is InChI=1S/C25H27NO2/c1-14-8-7-9-17-11-23(4)13-24(5)10-15(2)18(12-26)22(28)25(24,6)16(3)20(23)21(27)19(14)17/h7-9H,10-11,13H2,1-6H3/t23-,24+,25+/m0/s1. The largest absolute Gasteiger partial charge is 0.292 e. The third-order valence-corrected chi connectivity index (χ3v) is 7.98. The number of nitriles is 1. The van der Waals surface area contributed by atoms with Gasteiger partial charge >= 0.3 is 0 Å². The third kappa shape index (κ3) is 2.04. The third-order valence-electron chi connectivity index (χ3n) is 7.98. The van der Waals surface area contributed by atoms with E-state index in [1.165, 1.54) is 0 Å². The summed E-state index contributed by atoms with van der Waals surface area (Å²) in [5.41, 5.74) is 4.33. The number of fused-ring (bicyclic) bond motifs is 3. The van der Waals surface area contributed by atoms with Crippen LogP contribution >= 0.6 is 0 Å². The lowest BCUT2D eigenvalue weighted by atomic mass is 9.43. The number of benzene rings is 1. The molecule has 0 bridgehead atoms. The Morgan fingerprint density at radius 3 is 2.36 bits per heavy atom. The molecule has 0 aromatic heterocycles. The van der Waals surface area contributed by atoms with Crippen LogP contribution in [0.3, 0.4) is 0 Å². The fourth-order valence-electron chi connectivity index (χ4n) is 6.57. The highest BCUT2D eigenvalue weighted by molar-refractivity contribution is 6.15. The predicted octanol–water partition coefficient (Wildman–Crippen LogP) is 5.29. The molecule has 0 N–H and O–H groups in total. The summed E-state index contributed by atoms with van der Waals surface area (Å²) < 4.78 is 0. The maximum atomic E-state index is 13.7. The van der Waals surface area contributed by atoms with Gasteiger partial charge in [0.15, 0.2) is 11.6 Å². The van der Waals surface area contributed by atoms with Gasteiger partial charge in [-0.05, 0) is 63.5 Å². The van der Waals surface area contributed by atoms with Gasteiger partial charge in [0.2, 0.25) is 0 Å². The zero-order valence-electron chi connectivity index (χ0n) is 17.6. The summed E-state index contributed by atoms with van der Waals surface area (Å²) >= 11 is 0. The topological polar surface area (TPSA) is 57.9 Å². The van der Waals surface area contributed by atoms with Gasteiger partial charge in [0.05, 0.1) is 11.0 Å². The molecule has 1 aromatic rings. The first-order chi connectivity index (χ1) is 13.0. The summed E-state index contributed by atoms with van der Waals surface area (Å²) in [6.07, 6.45) is 2.30. The van der Waals surface area contributed by atoms with E-state index < -0.39 is 5.41 Å². The van der Waals surface area contributed by atoms with Crippen LogP contribution in [0.2, 0.25) is 0 Å². The highest BCUT2D eigenvalue weighted by atomic mass is 16.1. The van der Waals surface area contributed by atoms with E-state index in [-0.39, 0.29) is 28.0 Å². The quantitative estimate of drug-likeness (QED) is 0.621. The lowest BCUT2D eigenvalue weighted by Gasteiger charge is -2.59. The van der Waals surface area contributed by atoms with Crippen LogP contribution in [0.5, 0.6) is 0 Å². The van der Waals surface area contributed by atoms with Gasteiger partial charge in [0, 0.05) is 16.6 Å². The summed E-state index contributed by atoms with van der Waals surface area (Å²) in [6.45, 7) is 12.2. The zero-order valence-corrected chi connectivity index (χ0v) is 17.6. The molecule has 0 fully saturated rings. The molecule has 0 spiro atoms. The van der Waals surface area contributed by atoms with Crippen molar-refractivity contribution in [3.05, 3.63) is 57.2 Å². The molecular weight excluding hydrogens is 346 g/mol. The van der Waals surface area contributed by atoms with Crippen LogP contribution in [-0.2, 0) is 11.2 Å². The van der Waals surface area contributed by atoms with Crippen molar-refractivity contribution >= 4 is 11.6 Å². The number of rotatable bonds is 0. The van der Waals surface area contributed by atoms with Gasteiger partial charge in [-0.1, -0.05) is 43.2 Å². The molecule has 0 amide bonds. The Bertz CT molecular complexity index is 1070. The van der Waals surface area contributed by atoms with Gasteiger partial charge in [0.1, 0.15) is 6.07 Å². The Morgan fingerprint density at radius 2 is 1.71 bits per heavy atom. The number of carbonyl (C=O) groups excluding carboxylic acids is 2. The Kier molecular flexibility index (Phi) is 3.73. The fourth-order valence-corrected chi connectivity index (χ4v) is 6.57. The minimum atomic E-state index is -0.817. The number of hydrogen-bond donors (Lipinski definition) is 0. The summed E-state index contributed by atoms with van der Waals surface area (Å²) in [5, 5.41) is 9.60. The monoisotopic (exact) mass is 373 g/mol. The molecule has 4 rings (SSSR count). The van der Waals surface area contributed by atoms with Crippen LogP contribution in [0.4, 0.5) is 0 Å². The van der Waals surface area contributed by atoms with Crippen molar-refractivity contribution in [2.75, 3.05) is 0 Å². The molecule has 3 aliphatic carbocycles. The predicted molar refractivity (Wildman–Crippen MR) is 109 cm³/mol. The van der Waals surface area contributed by atoms with Gasteiger partial charge < -0.3 is 0 Å². The van der Waals surface area contributed by atoms with E-state index in [0.717, 1.165) is 46.3 Å². The Labute approximate surface area is 167 Å². The van der Waals surface area contributed by atoms with Crippen molar-refractivity contribution < 1.29 is 9.59 Å². The minimum absolute atomic E-state index is 0.0696. The molecule has 0 saturated carbocycles. The average Bonchev–Trinajstić information content (AvgIpc) is 2.58. The smallest absolute Gasteiger partial charge is 0.190 e. The number of allylic oxidation sites excluding steroid dienone is 4. The van der Waals surface area contributed by atoms with Crippen molar-refractivity contribution in [1.82, 2.24) is 0 Å². The van der Waals surface area contributed by atoms with Gasteiger partial charge in [-0.25, -0.2) is 0 Å². The van der Waals surface area contributed by atoms with Gasteiger partial charge in [0.25, 0.3) is 0 Å². The first-order valence-corrected chi connectivity index (χ1v) is 10.00. The first-order valence-electron chi connectivity index (χ1n) is 10.00. The van der Waals surface area contributed by atoms with Crippen molar-refractivity contribution in [3.63, 3.8) is 0 Å². The van der Waals surface area contributed by atoms with Crippen molar-refractivity contribution in [1.29, 1.82) is 5.26 Å². The maximum absolute atomic E-state index is 13.7. The summed E-state index contributed by atoms with van der Waals surface area (Å²) in [6, 6.07) is 8.21. The lowest BCUT2D eigenvalue weighted by molar-refractivity contribution is -0.131. The second kappa shape index (κ2) is 5.54. The number of hydrogen-bond acceptors (Lipinski definition) is 3. The van der Waals surface area contributed by atoms with Crippen molar-refractivity contribution in [3.8, 4) is 6.07 Å². The Morgan fingerprint density at radius 1 is 1.04 bits per heavy atom. The molecule has 3 heteroatoms. The summed E-state index contributed by atoms with van der Waals surface area (Å²) in [4.78, 5) is 27.2. The number of nitrogens with zero attached hydrogens (tertiary/aromatic N) is 1. The molecule has 1 aromatic carbocycles. The van der Waals surface area contributed by atoms with Crippen LogP contribution in [0.25, 0.3) is 0 Å². The number of ketones is 2. The van der Waals surface area contributed by atoms with Gasteiger partial charge in [-0.15, -0.1) is 0 Å². The molecule has 0 radical (unpaired) electrons. The molecule has 0 unspecified atom stereocenters. The summed E-state index contributed by atoms with van der Waals surface area (Å²) in [7, 11) is 0. The lowest BCUT2D eigenvalue weighted by Crippen LogP contribution is -2.56. The second-order valence-electron chi connectivity index (χ2n) is 9.81. The van der Waals surface area contributed by atoms with Crippen LogP contribution < -0.4 is 0 Å². The van der Waals surface area contributed by atoms with E-state index in [9.17, 15) is 14.9 Å². The Balaban J connectivity index is 2.03. The average molecular weight is 373 g/mol. The Hall–Kier alpha value is -2.47. The molecule has 3 nitrogen and oxygen atoms in total. The van der Waals surface area contributed by atoms with Gasteiger partial charge in [-0.2, -0.15) is 5.26 Å². The van der Waals surface area contributed by atoms with Crippen LogP contribution in [0, 0.1) is 34.5 Å². The van der Waals surface area contributed by atoms with E-state index in [1.807, 2.05) is 39.8 Å². The molecule has 0 saturated heterocycles. The van der Waals surface area contributed by atoms with Crippen LogP contribution in [0.1, 0.15) is 68.9 Å². The van der Waals surface area contributed by atoms with E-state index in [4.69, 9.17) is 0 Å². The molecule has 0 aliphatic heterocycles. The zero-order chi connectivity index (χ0) is 20.6. The van der Waals surface area contributed by atoms with E-state index in [2.05, 4.69) is 26.0 Å². The highest BCUT2D eigenvalue weighted by Gasteiger charge is 2.62. The van der Waals surface area contributed by atoms with E-state index in [0.29, 0.717) is 6.42 Å². The van der Waals surface area contributed by atoms with Crippen molar-refractivity contribution in [2.45, 2.75) is 60.8 Å². The van der Waals surface area contributed by atoms with E-state index in [1.54, 1.807) is 0 Å². The molecular formula is C25H27NO2. The minimum Gasteiger partial charge on any atom is -0.292 e. The molecule has 0 heterocycles. The van der Waals surface area contributed by atoms with Crippen LogP contribution in [0.15, 0.2) is 40.5 Å². The SMILES string of the molecule is CC1=C(C#N)C(=O)[C@@]2(C)C(C)=C3C(=O)c4c(C)cccc4C[C@@]3(C)C[C@@]2(C)C1. The molecule has 3 aliphatic rings. The first kappa shape index (κ1) is 18.9. The number of carbonyl (C=O) groups is 2. The maximum Gasteiger partial charge on any atom is 0.190 e. The van der Waals surface area contributed by atoms with Crippen molar-refractivity contribution in [2.24, 2.45) is 16.2 Å².